The fourth-order valence-corrected chi connectivity index (χ4v) is 2.47. The molecule has 0 radical (unpaired) electrons. The number of rotatable bonds is 6. The highest BCUT2D eigenvalue weighted by molar-refractivity contribution is 7.09. The van der Waals surface area contributed by atoms with Crippen molar-refractivity contribution in [3.8, 4) is 0 Å². The van der Waals surface area contributed by atoms with E-state index >= 15 is 0 Å². The summed E-state index contributed by atoms with van der Waals surface area (Å²) in [6, 6.07) is -0.593. The van der Waals surface area contributed by atoms with E-state index in [1.807, 2.05) is 19.2 Å². The monoisotopic (exact) mass is 285 g/mol. The first kappa shape index (κ1) is 15.4. The maximum atomic E-state index is 12.0. The molecule has 0 aliphatic heterocycles. The molecule has 1 atom stereocenters. The van der Waals surface area contributed by atoms with Crippen molar-refractivity contribution >= 4 is 23.3 Å². The van der Waals surface area contributed by atoms with Gasteiger partial charge in [-0.2, -0.15) is 0 Å². The molecule has 1 heterocycles. The summed E-state index contributed by atoms with van der Waals surface area (Å²) >= 11 is 1.49. The summed E-state index contributed by atoms with van der Waals surface area (Å²) in [5.41, 5.74) is 0.931. The third kappa shape index (κ3) is 4.86. The van der Waals surface area contributed by atoms with Crippen molar-refractivity contribution in [3.05, 3.63) is 16.1 Å². The summed E-state index contributed by atoms with van der Waals surface area (Å²) in [5.74, 6) is -0.908. The number of thiazole rings is 1. The molecular weight excluding hydrogens is 266 g/mol. The summed E-state index contributed by atoms with van der Waals surface area (Å²) < 4.78 is 0. The molecule has 0 saturated heterocycles. The molecule has 0 spiro atoms. The van der Waals surface area contributed by atoms with Crippen LogP contribution < -0.4 is 5.32 Å². The highest BCUT2D eigenvalue weighted by atomic mass is 32.1. The van der Waals surface area contributed by atoms with Gasteiger partial charge in [-0.15, -0.1) is 11.3 Å². The number of hydrogen-bond acceptors (Lipinski definition) is 4. The van der Waals surface area contributed by atoms with Crippen LogP contribution in [0.25, 0.3) is 0 Å². The Bertz CT molecular complexity index is 447. The molecule has 2 amide bonds. The number of carbonyl (C=O) groups excluding carboxylic acids is 1. The van der Waals surface area contributed by atoms with Gasteiger partial charge >= 0.3 is 12.0 Å². The van der Waals surface area contributed by atoms with Crippen molar-refractivity contribution in [1.82, 2.24) is 15.2 Å². The first-order valence-corrected chi connectivity index (χ1v) is 6.99. The third-order valence-electron chi connectivity index (χ3n) is 2.66. The number of amides is 2. The molecule has 1 aromatic rings. The Morgan fingerprint density at radius 1 is 1.58 bits per heavy atom. The number of aromatic nitrogens is 1. The SMILES string of the molecule is CCN(C(=O)NCc1nc(C)cs1)C(C)CC(=O)O. The van der Waals surface area contributed by atoms with E-state index in [2.05, 4.69) is 10.3 Å². The van der Waals surface area contributed by atoms with Crippen molar-refractivity contribution < 1.29 is 14.7 Å². The van der Waals surface area contributed by atoms with Gasteiger partial charge in [0.2, 0.25) is 0 Å². The molecule has 2 N–H and O–H groups in total. The van der Waals surface area contributed by atoms with Crippen molar-refractivity contribution in [1.29, 1.82) is 0 Å². The van der Waals surface area contributed by atoms with E-state index in [1.165, 1.54) is 16.2 Å². The van der Waals surface area contributed by atoms with E-state index in [1.54, 1.807) is 6.92 Å². The zero-order chi connectivity index (χ0) is 14.4. The van der Waals surface area contributed by atoms with Crippen molar-refractivity contribution in [2.45, 2.75) is 39.8 Å². The molecule has 0 aliphatic rings. The summed E-state index contributed by atoms with van der Waals surface area (Å²) in [6.07, 6.45) is -0.0579. The van der Waals surface area contributed by atoms with Crippen molar-refractivity contribution in [3.63, 3.8) is 0 Å². The largest absolute Gasteiger partial charge is 0.481 e. The average Bonchev–Trinajstić information content (AvgIpc) is 2.72. The van der Waals surface area contributed by atoms with Gasteiger partial charge in [-0.25, -0.2) is 9.78 Å². The number of carboxylic acids is 1. The van der Waals surface area contributed by atoms with Gasteiger partial charge in [0.1, 0.15) is 5.01 Å². The van der Waals surface area contributed by atoms with E-state index in [0.29, 0.717) is 13.1 Å². The van der Waals surface area contributed by atoms with Gasteiger partial charge in [0.05, 0.1) is 13.0 Å². The van der Waals surface area contributed by atoms with E-state index in [0.717, 1.165) is 10.7 Å². The summed E-state index contributed by atoms with van der Waals surface area (Å²) in [7, 11) is 0. The van der Waals surface area contributed by atoms with Crippen LogP contribution in [0.4, 0.5) is 4.79 Å². The first-order chi connectivity index (χ1) is 8.93. The number of urea groups is 1. The molecule has 0 fully saturated rings. The summed E-state index contributed by atoms with van der Waals surface area (Å²) in [6.45, 7) is 6.29. The zero-order valence-corrected chi connectivity index (χ0v) is 12.2. The molecule has 0 aromatic carbocycles. The summed E-state index contributed by atoms with van der Waals surface area (Å²) in [5, 5.41) is 14.3. The molecule has 1 unspecified atom stereocenters. The van der Waals surface area contributed by atoms with Gasteiger partial charge in [-0.05, 0) is 20.8 Å². The van der Waals surface area contributed by atoms with Gasteiger partial charge < -0.3 is 15.3 Å². The number of aryl methyl sites for hydroxylation is 1. The molecule has 1 rings (SSSR count). The Kier molecular flexibility index (Phi) is 5.75. The van der Waals surface area contributed by atoms with Crippen LogP contribution in [0.2, 0.25) is 0 Å². The number of nitrogens with zero attached hydrogens (tertiary/aromatic N) is 2. The number of aliphatic carboxylic acids is 1. The zero-order valence-electron chi connectivity index (χ0n) is 11.3. The highest BCUT2D eigenvalue weighted by Gasteiger charge is 2.20. The van der Waals surface area contributed by atoms with Crippen LogP contribution in [0.15, 0.2) is 5.38 Å². The lowest BCUT2D eigenvalue weighted by molar-refractivity contribution is -0.138. The molecule has 106 valence electrons. The van der Waals surface area contributed by atoms with E-state index in [-0.39, 0.29) is 18.5 Å². The Morgan fingerprint density at radius 2 is 2.26 bits per heavy atom. The number of nitrogens with one attached hydrogen (secondary N) is 1. The van der Waals surface area contributed by atoms with Crippen LogP contribution in [-0.2, 0) is 11.3 Å². The molecule has 0 saturated carbocycles. The molecule has 7 heteroatoms. The van der Waals surface area contributed by atoms with Crippen LogP contribution in [0.1, 0.15) is 31.0 Å². The third-order valence-corrected chi connectivity index (χ3v) is 3.63. The standard InChI is InChI=1S/C12H19N3O3S/c1-4-15(9(3)5-11(16)17)12(18)13-6-10-14-8(2)7-19-10/h7,9H,4-6H2,1-3H3,(H,13,18)(H,16,17). The molecule has 0 aliphatic carbocycles. The minimum atomic E-state index is -0.908. The van der Waals surface area contributed by atoms with Crippen LogP contribution in [0.3, 0.4) is 0 Å². The Morgan fingerprint density at radius 3 is 2.74 bits per heavy atom. The quantitative estimate of drug-likeness (QED) is 0.835. The van der Waals surface area contributed by atoms with E-state index in [9.17, 15) is 9.59 Å². The lowest BCUT2D eigenvalue weighted by atomic mass is 10.2. The second kappa shape index (κ2) is 7.08. The van der Waals surface area contributed by atoms with Crippen LogP contribution >= 0.6 is 11.3 Å². The minimum absolute atomic E-state index is 0.0579. The normalized spacial score (nSPS) is 11.9. The maximum Gasteiger partial charge on any atom is 0.317 e. The number of hydrogen-bond donors (Lipinski definition) is 2. The van der Waals surface area contributed by atoms with Gasteiger partial charge in [-0.3, -0.25) is 4.79 Å². The lowest BCUT2D eigenvalue weighted by Gasteiger charge is -2.27. The predicted octanol–water partition coefficient (Wildman–Crippen LogP) is 1.85. The first-order valence-electron chi connectivity index (χ1n) is 6.11. The Balaban J connectivity index is 2.51. The average molecular weight is 285 g/mol. The Hall–Kier alpha value is -1.63. The van der Waals surface area contributed by atoms with Crippen molar-refractivity contribution in [2.75, 3.05) is 6.54 Å². The van der Waals surface area contributed by atoms with Crippen molar-refractivity contribution in [2.24, 2.45) is 0 Å². The van der Waals surface area contributed by atoms with E-state index in [4.69, 9.17) is 5.11 Å². The molecule has 0 bridgehead atoms. The molecule has 19 heavy (non-hydrogen) atoms. The van der Waals surface area contributed by atoms with Gasteiger partial charge in [0.25, 0.3) is 0 Å². The molecule has 1 aromatic heterocycles. The predicted molar refractivity (Wildman–Crippen MR) is 73.2 cm³/mol. The number of carboxylic acid groups (broad SMARTS) is 1. The molecular formula is C12H19N3O3S. The molecule has 6 nitrogen and oxygen atoms in total. The maximum absolute atomic E-state index is 12.0. The van der Waals surface area contributed by atoms with Gasteiger partial charge in [0, 0.05) is 23.7 Å². The van der Waals surface area contributed by atoms with Gasteiger partial charge in [-0.1, -0.05) is 0 Å². The second-order valence-electron chi connectivity index (χ2n) is 4.27. The second-order valence-corrected chi connectivity index (χ2v) is 5.22. The summed E-state index contributed by atoms with van der Waals surface area (Å²) in [4.78, 5) is 28.4. The van der Waals surface area contributed by atoms with Gasteiger partial charge in [0.15, 0.2) is 0 Å². The lowest BCUT2D eigenvalue weighted by Crippen LogP contribution is -2.45. The van der Waals surface area contributed by atoms with E-state index < -0.39 is 5.97 Å². The van der Waals surface area contributed by atoms with Crippen LogP contribution in [0.5, 0.6) is 0 Å². The van der Waals surface area contributed by atoms with Crippen LogP contribution in [0, 0.1) is 6.92 Å². The fourth-order valence-electron chi connectivity index (χ4n) is 1.76. The Labute approximate surface area is 116 Å². The van der Waals surface area contributed by atoms with Crippen LogP contribution in [-0.4, -0.2) is 39.6 Å². The smallest absolute Gasteiger partial charge is 0.317 e. The topological polar surface area (TPSA) is 82.5 Å². The fraction of sp³-hybridized carbons (Fsp3) is 0.583. The number of carbonyl (C=O) groups is 2. The minimum Gasteiger partial charge on any atom is -0.481 e. The highest BCUT2D eigenvalue weighted by Crippen LogP contribution is 2.09.